The number of likely N-dealkylation sites (N-methyl/N-ethyl adjacent to an activating group) is 1. The first kappa shape index (κ1) is 12.8. The standard InChI is InChI=1S/C16H26N4/c1-17-4-3-14-18-16(19-20(14)2)15-12-6-10-5-11(8-12)9-13(15)7-10/h10-13,15,17H,3-9H2,1-2H3. The first-order valence-electron chi connectivity index (χ1n) is 8.29. The molecule has 1 aromatic rings. The second-order valence-corrected chi connectivity index (χ2v) is 7.32. The highest BCUT2D eigenvalue weighted by Gasteiger charge is 2.49. The molecule has 1 N–H and O–H groups in total. The Morgan fingerprint density at radius 3 is 2.35 bits per heavy atom. The van der Waals surface area contributed by atoms with Gasteiger partial charge in [-0.25, -0.2) is 4.98 Å². The van der Waals surface area contributed by atoms with Gasteiger partial charge in [0.05, 0.1) is 0 Å². The Morgan fingerprint density at radius 2 is 1.75 bits per heavy atom. The van der Waals surface area contributed by atoms with Gasteiger partial charge in [0, 0.05) is 25.9 Å². The van der Waals surface area contributed by atoms with Crippen molar-refractivity contribution in [3.63, 3.8) is 0 Å². The molecule has 5 rings (SSSR count). The molecule has 0 unspecified atom stereocenters. The molecule has 1 heterocycles. The number of aromatic nitrogens is 3. The largest absolute Gasteiger partial charge is 0.319 e. The number of nitrogens with zero attached hydrogens (tertiary/aromatic N) is 3. The SMILES string of the molecule is CNCCc1nc(C2C3CC4CC(C3)CC2C4)nn1C. The molecule has 0 aliphatic heterocycles. The second-order valence-electron chi connectivity index (χ2n) is 7.32. The maximum atomic E-state index is 4.91. The van der Waals surface area contributed by atoms with Crippen molar-refractivity contribution in [1.29, 1.82) is 0 Å². The molecule has 4 aliphatic carbocycles. The van der Waals surface area contributed by atoms with E-state index < -0.39 is 0 Å². The maximum Gasteiger partial charge on any atom is 0.154 e. The zero-order valence-corrected chi connectivity index (χ0v) is 12.7. The molecule has 4 nitrogen and oxygen atoms in total. The second kappa shape index (κ2) is 4.83. The Morgan fingerprint density at radius 1 is 1.10 bits per heavy atom. The minimum Gasteiger partial charge on any atom is -0.319 e. The summed E-state index contributed by atoms with van der Waals surface area (Å²) in [6.07, 6.45) is 8.28. The van der Waals surface area contributed by atoms with Crippen LogP contribution in [0.5, 0.6) is 0 Å². The summed E-state index contributed by atoms with van der Waals surface area (Å²) >= 11 is 0. The number of rotatable bonds is 4. The van der Waals surface area contributed by atoms with Crippen molar-refractivity contribution in [3.05, 3.63) is 11.6 Å². The van der Waals surface area contributed by atoms with E-state index in [2.05, 4.69) is 12.4 Å². The van der Waals surface area contributed by atoms with Gasteiger partial charge < -0.3 is 5.32 Å². The van der Waals surface area contributed by atoms with Crippen LogP contribution in [0.1, 0.15) is 49.7 Å². The molecule has 0 saturated heterocycles. The van der Waals surface area contributed by atoms with Crippen LogP contribution in [0.25, 0.3) is 0 Å². The molecule has 4 saturated carbocycles. The van der Waals surface area contributed by atoms with E-state index in [1.54, 1.807) is 0 Å². The Labute approximate surface area is 121 Å². The summed E-state index contributed by atoms with van der Waals surface area (Å²) in [5.41, 5.74) is 0. The third-order valence-corrected chi connectivity index (χ3v) is 5.99. The highest BCUT2D eigenvalue weighted by atomic mass is 15.3. The summed E-state index contributed by atoms with van der Waals surface area (Å²) < 4.78 is 2.01. The van der Waals surface area contributed by atoms with E-state index in [0.717, 1.165) is 48.3 Å². The summed E-state index contributed by atoms with van der Waals surface area (Å²) in [5.74, 6) is 6.78. The molecule has 0 spiro atoms. The molecular weight excluding hydrogens is 248 g/mol. The van der Waals surface area contributed by atoms with Crippen LogP contribution >= 0.6 is 0 Å². The molecule has 0 radical (unpaired) electrons. The molecule has 0 atom stereocenters. The van der Waals surface area contributed by atoms with Crippen LogP contribution in [0.4, 0.5) is 0 Å². The summed E-state index contributed by atoms with van der Waals surface area (Å²) in [5, 5.41) is 7.99. The Kier molecular flexibility index (Phi) is 3.09. The molecule has 110 valence electrons. The van der Waals surface area contributed by atoms with Gasteiger partial charge in [0.1, 0.15) is 5.82 Å². The fraction of sp³-hybridized carbons (Fsp3) is 0.875. The molecule has 1 aromatic heterocycles. The van der Waals surface area contributed by atoms with E-state index in [0.29, 0.717) is 5.92 Å². The van der Waals surface area contributed by atoms with Crippen molar-refractivity contribution >= 4 is 0 Å². The molecule has 0 aromatic carbocycles. The smallest absolute Gasteiger partial charge is 0.154 e. The van der Waals surface area contributed by atoms with Gasteiger partial charge in [0.25, 0.3) is 0 Å². The van der Waals surface area contributed by atoms with Crippen LogP contribution in [0.3, 0.4) is 0 Å². The van der Waals surface area contributed by atoms with Gasteiger partial charge in [-0.05, 0) is 62.8 Å². The fourth-order valence-corrected chi connectivity index (χ4v) is 5.38. The maximum absolute atomic E-state index is 4.91. The fourth-order valence-electron chi connectivity index (χ4n) is 5.38. The highest BCUT2D eigenvalue weighted by molar-refractivity contribution is 5.11. The van der Waals surface area contributed by atoms with Gasteiger partial charge >= 0.3 is 0 Å². The number of nitrogens with one attached hydrogen (secondary N) is 1. The van der Waals surface area contributed by atoms with E-state index in [1.807, 2.05) is 11.7 Å². The van der Waals surface area contributed by atoms with Crippen molar-refractivity contribution in [1.82, 2.24) is 20.1 Å². The molecule has 20 heavy (non-hydrogen) atoms. The molecular formula is C16H26N4. The normalized spacial score (nSPS) is 38.6. The zero-order chi connectivity index (χ0) is 13.7. The molecule has 0 amide bonds. The van der Waals surface area contributed by atoms with Gasteiger partial charge in [-0.1, -0.05) is 0 Å². The number of aryl methyl sites for hydroxylation is 1. The predicted molar refractivity (Wildman–Crippen MR) is 78.4 cm³/mol. The van der Waals surface area contributed by atoms with Gasteiger partial charge in [-0.15, -0.1) is 0 Å². The van der Waals surface area contributed by atoms with E-state index in [9.17, 15) is 0 Å². The average Bonchev–Trinajstić information content (AvgIpc) is 2.76. The monoisotopic (exact) mass is 274 g/mol. The van der Waals surface area contributed by atoms with Gasteiger partial charge in [-0.3, -0.25) is 4.68 Å². The van der Waals surface area contributed by atoms with E-state index in [1.165, 1.54) is 32.1 Å². The number of hydrogen-bond donors (Lipinski definition) is 1. The Balaban J connectivity index is 1.58. The predicted octanol–water partition coefficient (Wildman–Crippen LogP) is 2.12. The molecule has 4 aliphatic rings. The summed E-state index contributed by atoms with van der Waals surface area (Å²) in [7, 11) is 4.05. The van der Waals surface area contributed by atoms with E-state index in [4.69, 9.17) is 10.1 Å². The van der Waals surface area contributed by atoms with Crippen LogP contribution in [-0.2, 0) is 13.5 Å². The lowest BCUT2D eigenvalue weighted by Crippen LogP contribution is -2.44. The van der Waals surface area contributed by atoms with Crippen LogP contribution in [0.15, 0.2) is 0 Å². The third-order valence-electron chi connectivity index (χ3n) is 5.99. The van der Waals surface area contributed by atoms with E-state index in [-0.39, 0.29) is 0 Å². The van der Waals surface area contributed by atoms with Crippen molar-refractivity contribution in [2.24, 2.45) is 30.7 Å². The quantitative estimate of drug-likeness (QED) is 0.914. The van der Waals surface area contributed by atoms with Crippen molar-refractivity contribution in [2.45, 2.75) is 44.4 Å². The lowest BCUT2D eigenvalue weighted by molar-refractivity contribution is -0.00566. The van der Waals surface area contributed by atoms with Crippen LogP contribution in [0, 0.1) is 23.7 Å². The van der Waals surface area contributed by atoms with Gasteiger partial charge in [0.15, 0.2) is 5.82 Å². The highest BCUT2D eigenvalue weighted by Crippen LogP contribution is 2.59. The van der Waals surface area contributed by atoms with E-state index >= 15 is 0 Å². The first-order valence-corrected chi connectivity index (χ1v) is 8.29. The minimum atomic E-state index is 0.664. The Bertz CT molecular complexity index is 465. The lowest BCUT2D eigenvalue weighted by Gasteiger charge is -2.53. The zero-order valence-electron chi connectivity index (χ0n) is 12.7. The summed E-state index contributed by atoms with van der Waals surface area (Å²) in [4.78, 5) is 4.91. The molecule has 4 fully saturated rings. The van der Waals surface area contributed by atoms with Gasteiger partial charge in [-0.2, -0.15) is 5.10 Å². The lowest BCUT2D eigenvalue weighted by atomic mass is 9.52. The molecule has 4 heteroatoms. The topological polar surface area (TPSA) is 42.7 Å². The average molecular weight is 274 g/mol. The van der Waals surface area contributed by atoms with Crippen LogP contribution in [0.2, 0.25) is 0 Å². The first-order chi connectivity index (χ1) is 9.74. The van der Waals surface area contributed by atoms with Gasteiger partial charge in [0.2, 0.25) is 0 Å². The summed E-state index contributed by atoms with van der Waals surface area (Å²) in [6, 6.07) is 0. The third kappa shape index (κ3) is 2.00. The van der Waals surface area contributed by atoms with Crippen LogP contribution < -0.4 is 5.32 Å². The minimum absolute atomic E-state index is 0.664. The van der Waals surface area contributed by atoms with Crippen molar-refractivity contribution in [2.75, 3.05) is 13.6 Å². The number of hydrogen-bond acceptors (Lipinski definition) is 3. The molecule has 4 bridgehead atoms. The van der Waals surface area contributed by atoms with Crippen molar-refractivity contribution < 1.29 is 0 Å². The summed E-state index contributed by atoms with van der Waals surface area (Å²) in [6.45, 7) is 0.980. The van der Waals surface area contributed by atoms with Crippen LogP contribution in [-0.4, -0.2) is 28.4 Å². The Hall–Kier alpha value is -0.900. The van der Waals surface area contributed by atoms with Crippen molar-refractivity contribution in [3.8, 4) is 0 Å².